The highest BCUT2D eigenvalue weighted by atomic mass is 32.2. The quantitative estimate of drug-likeness (QED) is 0.661. The van der Waals surface area contributed by atoms with Gasteiger partial charge in [-0.15, -0.1) is 10.2 Å². The van der Waals surface area contributed by atoms with Crippen molar-refractivity contribution >= 4 is 34.1 Å². The average molecular weight is 349 g/mol. The third kappa shape index (κ3) is 4.03. The Labute approximate surface area is 143 Å². The number of rotatable bonds is 5. The molecule has 1 atom stereocenters. The number of amides is 1. The summed E-state index contributed by atoms with van der Waals surface area (Å²) in [5.74, 6) is 0.530. The van der Waals surface area contributed by atoms with E-state index in [2.05, 4.69) is 27.6 Å². The topological polar surface area (TPSA) is 64.1 Å². The fraction of sp³-hybridized carbons (Fsp3) is 0.438. The van der Waals surface area contributed by atoms with Crippen molar-refractivity contribution in [1.29, 1.82) is 0 Å². The second-order valence-corrected chi connectivity index (χ2v) is 7.50. The van der Waals surface area contributed by atoms with Crippen molar-refractivity contribution in [3.8, 4) is 5.75 Å². The molecule has 0 fully saturated rings. The number of ether oxygens (including phenoxy) is 1. The van der Waals surface area contributed by atoms with Crippen LogP contribution in [0.1, 0.15) is 30.9 Å². The molecule has 0 bridgehead atoms. The predicted octanol–water partition coefficient (Wildman–Crippen LogP) is 3.54. The first kappa shape index (κ1) is 16.3. The maximum Gasteiger partial charge on any atom is 0.266 e. The first-order valence-electron chi connectivity index (χ1n) is 7.62. The Balaban J connectivity index is 1.61. The van der Waals surface area contributed by atoms with E-state index in [1.165, 1.54) is 47.1 Å². The van der Waals surface area contributed by atoms with Gasteiger partial charge in [0.05, 0.1) is 0 Å². The number of hydrogen-bond acceptors (Lipinski definition) is 6. The molecule has 0 saturated heterocycles. The molecule has 1 amide bonds. The summed E-state index contributed by atoms with van der Waals surface area (Å²) in [6.07, 6.45) is 6.05. The van der Waals surface area contributed by atoms with E-state index in [0.29, 0.717) is 5.13 Å². The number of nitrogens with one attached hydrogen (secondary N) is 1. The second-order valence-electron chi connectivity index (χ2n) is 5.46. The van der Waals surface area contributed by atoms with E-state index >= 15 is 0 Å². The standard InChI is InChI=1S/C16H19N3O2S2/c1-10(14(20)17-15-18-19-16(22-2)23-15)21-13-8-7-11-5-3-4-6-12(11)9-13/h7-10H,3-6H2,1-2H3,(H,17,18,20)/t10-/m1/s1. The lowest BCUT2D eigenvalue weighted by molar-refractivity contribution is -0.122. The van der Waals surface area contributed by atoms with Gasteiger partial charge in [-0.3, -0.25) is 10.1 Å². The Hall–Kier alpha value is -1.60. The minimum Gasteiger partial charge on any atom is -0.481 e. The molecule has 0 aliphatic heterocycles. The minimum atomic E-state index is -0.585. The van der Waals surface area contributed by atoms with Crippen LogP contribution in [-0.4, -0.2) is 28.5 Å². The summed E-state index contributed by atoms with van der Waals surface area (Å²) < 4.78 is 6.61. The van der Waals surface area contributed by atoms with Crippen molar-refractivity contribution in [3.05, 3.63) is 29.3 Å². The van der Waals surface area contributed by atoms with E-state index in [4.69, 9.17) is 4.74 Å². The molecule has 0 saturated carbocycles. The van der Waals surface area contributed by atoms with Crippen LogP contribution in [0, 0.1) is 0 Å². The van der Waals surface area contributed by atoms with Gasteiger partial charge in [0.2, 0.25) is 5.13 Å². The number of hydrogen-bond donors (Lipinski definition) is 1. The van der Waals surface area contributed by atoms with Crippen LogP contribution in [-0.2, 0) is 17.6 Å². The number of nitrogens with zero attached hydrogens (tertiary/aromatic N) is 2. The molecule has 122 valence electrons. The molecule has 1 N–H and O–H groups in total. The molecule has 1 aliphatic rings. The fourth-order valence-corrected chi connectivity index (χ4v) is 3.76. The summed E-state index contributed by atoms with van der Waals surface area (Å²) in [5.41, 5.74) is 2.74. The molecule has 2 aromatic rings. The second kappa shape index (κ2) is 7.31. The number of thioether (sulfide) groups is 1. The molecule has 5 nitrogen and oxygen atoms in total. The zero-order chi connectivity index (χ0) is 16.2. The van der Waals surface area contributed by atoms with Gasteiger partial charge in [-0.1, -0.05) is 29.2 Å². The molecule has 1 aromatic carbocycles. The summed E-state index contributed by atoms with van der Waals surface area (Å²) in [5, 5.41) is 11.1. The molecule has 1 aliphatic carbocycles. The van der Waals surface area contributed by atoms with Crippen LogP contribution in [0.2, 0.25) is 0 Å². The SMILES string of the molecule is CSc1nnc(NC(=O)[C@@H](C)Oc2ccc3c(c2)CCCC3)s1. The van der Waals surface area contributed by atoms with Gasteiger partial charge in [0.25, 0.3) is 5.91 Å². The zero-order valence-electron chi connectivity index (χ0n) is 13.2. The number of carbonyl (C=O) groups excluding carboxylic acids is 1. The Morgan fingerprint density at radius 2 is 2.09 bits per heavy atom. The first-order chi connectivity index (χ1) is 11.2. The van der Waals surface area contributed by atoms with E-state index in [9.17, 15) is 4.79 Å². The largest absolute Gasteiger partial charge is 0.481 e. The lowest BCUT2D eigenvalue weighted by Crippen LogP contribution is -2.30. The Bertz CT molecular complexity index is 702. The number of benzene rings is 1. The highest BCUT2D eigenvalue weighted by Gasteiger charge is 2.18. The van der Waals surface area contributed by atoms with E-state index in [1.807, 2.05) is 12.3 Å². The summed E-state index contributed by atoms with van der Waals surface area (Å²) in [4.78, 5) is 12.2. The summed E-state index contributed by atoms with van der Waals surface area (Å²) in [6, 6.07) is 6.13. The summed E-state index contributed by atoms with van der Waals surface area (Å²) in [7, 11) is 0. The molecule has 0 spiro atoms. The third-order valence-electron chi connectivity index (χ3n) is 3.81. The van der Waals surface area contributed by atoms with E-state index < -0.39 is 6.10 Å². The minimum absolute atomic E-state index is 0.216. The van der Waals surface area contributed by atoms with Crippen molar-refractivity contribution < 1.29 is 9.53 Å². The van der Waals surface area contributed by atoms with Gasteiger partial charge in [-0.05, 0) is 62.1 Å². The van der Waals surface area contributed by atoms with Crippen molar-refractivity contribution in [3.63, 3.8) is 0 Å². The Kier molecular flexibility index (Phi) is 5.17. The smallest absolute Gasteiger partial charge is 0.266 e. The van der Waals surface area contributed by atoms with Gasteiger partial charge in [-0.25, -0.2) is 0 Å². The molecule has 7 heteroatoms. The molecular weight excluding hydrogens is 330 g/mol. The number of aryl methyl sites for hydroxylation is 2. The van der Waals surface area contributed by atoms with Crippen molar-refractivity contribution in [1.82, 2.24) is 10.2 Å². The van der Waals surface area contributed by atoms with E-state index in [-0.39, 0.29) is 5.91 Å². The maximum absolute atomic E-state index is 12.2. The number of carbonyl (C=O) groups is 1. The van der Waals surface area contributed by atoms with E-state index in [1.54, 1.807) is 6.92 Å². The molecule has 1 heterocycles. The third-order valence-corrected chi connectivity index (χ3v) is 5.63. The van der Waals surface area contributed by atoms with Crippen molar-refractivity contribution in [2.45, 2.75) is 43.1 Å². The average Bonchev–Trinajstić information content (AvgIpc) is 3.02. The Morgan fingerprint density at radius 1 is 1.30 bits per heavy atom. The van der Waals surface area contributed by atoms with Crippen LogP contribution < -0.4 is 10.1 Å². The van der Waals surface area contributed by atoms with Gasteiger partial charge >= 0.3 is 0 Å². The van der Waals surface area contributed by atoms with Crippen LogP contribution >= 0.6 is 23.1 Å². The van der Waals surface area contributed by atoms with Crippen LogP contribution in [0.4, 0.5) is 5.13 Å². The predicted molar refractivity (Wildman–Crippen MR) is 93.5 cm³/mol. The monoisotopic (exact) mass is 349 g/mol. The molecule has 23 heavy (non-hydrogen) atoms. The number of fused-ring (bicyclic) bond motifs is 1. The summed E-state index contributed by atoms with van der Waals surface area (Å²) >= 11 is 2.86. The number of anilines is 1. The molecule has 3 rings (SSSR count). The van der Waals surface area contributed by atoms with Crippen molar-refractivity contribution in [2.75, 3.05) is 11.6 Å². The Morgan fingerprint density at radius 3 is 2.83 bits per heavy atom. The normalized spacial score (nSPS) is 14.9. The molecule has 0 radical (unpaired) electrons. The zero-order valence-corrected chi connectivity index (χ0v) is 14.8. The lowest BCUT2D eigenvalue weighted by Gasteiger charge is -2.18. The van der Waals surface area contributed by atoms with E-state index in [0.717, 1.165) is 22.9 Å². The maximum atomic E-state index is 12.2. The van der Waals surface area contributed by atoms with Crippen LogP contribution in [0.5, 0.6) is 5.75 Å². The van der Waals surface area contributed by atoms with Crippen LogP contribution in [0.25, 0.3) is 0 Å². The van der Waals surface area contributed by atoms with Crippen LogP contribution in [0.3, 0.4) is 0 Å². The van der Waals surface area contributed by atoms with Gasteiger partial charge in [-0.2, -0.15) is 0 Å². The van der Waals surface area contributed by atoms with Crippen molar-refractivity contribution in [2.24, 2.45) is 0 Å². The molecule has 0 unspecified atom stereocenters. The summed E-state index contributed by atoms with van der Waals surface area (Å²) in [6.45, 7) is 1.74. The number of aromatic nitrogens is 2. The van der Waals surface area contributed by atoms with Gasteiger partial charge < -0.3 is 4.74 Å². The van der Waals surface area contributed by atoms with Gasteiger partial charge in [0.1, 0.15) is 5.75 Å². The molecular formula is C16H19N3O2S2. The first-order valence-corrected chi connectivity index (χ1v) is 9.66. The molecule has 1 aromatic heterocycles. The van der Waals surface area contributed by atoms with Gasteiger partial charge in [0, 0.05) is 0 Å². The highest BCUT2D eigenvalue weighted by Crippen LogP contribution is 2.26. The highest BCUT2D eigenvalue weighted by molar-refractivity contribution is 8.00. The van der Waals surface area contributed by atoms with Gasteiger partial charge in [0.15, 0.2) is 10.4 Å². The van der Waals surface area contributed by atoms with Crippen LogP contribution in [0.15, 0.2) is 22.5 Å². The fourth-order valence-electron chi connectivity index (χ4n) is 2.59. The lowest BCUT2D eigenvalue weighted by atomic mass is 9.92.